The van der Waals surface area contributed by atoms with Crippen molar-refractivity contribution in [2.75, 3.05) is 26.3 Å². The van der Waals surface area contributed by atoms with Crippen LogP contribution in [0.15, 0.2) is 42.7 Å². The molecule has 1 aromatic heterocycles. The molecule has 1 aliphatic carbocycles. The van der Waals surface area contributed by atoms with Crippen LogP contribution in [0.2, 0.25) is 0 Å². The van der Waals surface area contributed by atoms with Crippen molar-refractivity contribution >= 4 is 5.91 Å². The van der Waals surface area contributed by atoms with Gasteiger partial charge in [0.1, 0.15) is 11.4 Å². The third-order valence-corrected chi connectivity index (χ3v) is 5.05. The van der Waals surface area contributed by atoms with E-state index in [0.29, 0.717) is 37.6 Å². The summed E-state index contributed by atoms with van der Waals surface area (Å²) >= 11 is 0. The second kappa shape index (κ2) is 7.13. The lowest BCUT2D eigenvalue weighted by molar-refractivity contribution is -0.123. The van der Waals surface area contributed by atoms with E-state index in [4.69, 9.17) is 4.74 Å². The van der Waals surface area contributed by atoms with Crippen LogP contribution in [0.4, 0.5) is 0 Å². The molecule has 2 aliphatic rings. The van der Waals surface area contributed by atoms with Crippen LogP contribution >= 0.6 is 0 Å². The Morgan fingerprint density at radius 1 is 1.23 bits per heavy atom. The number of aliphatic hydroxyl groups is 1. The number of morpholine rings is 1. The summed E-state index contributed by atoms with van der Waals surface area (Å²) in [6, 6.07) is 9.89. The minimum atomic E-state index is -0.774. The van der Waals surface area contributed by atoms with Gasteiger partial charge in [-0.1, -0.05) is 30.3 Å². The molecule has 1 amide bonds. The van der Waals surface area contributed by atoms with Gasteiger partial charge in [0, 0.05) is 31.3 Å². The van der Waals surface area contributed by atoms with Crippen LogP contribution in [0, 0.1) is 0 Å². The minimum absolute atomic E-state index is 0.110. The highest BCUT2D eigenvalue weighted by molar-refractivity contribution is 5.93. The van der Waals surface area contributed by atoms with Gasteiger partial charge >= 0.3 is 0 Å². The summed E-state index contributed by atoms with van der Waals surface area (Å²) in [6.45, 7) is 1.12. The van der Waals surface area contributed by atoms with Crippen molar-refractivity contribution in [1.29, 1.82) is 0 Å². The molecular weight excluding hydrogens is 330 g/mol. The number of benzene rings is 1. The molecule has 2 aromatic rings. The topological polar surface area (TPSA) is 75.6 Å². The van der Waals surface area contributed by atoms with Crippen molar-refractivity contribution in [2.24, 2.45) is 0 Å². The highest BCUT2D eigenvalue weighted by Gasteiger charge is 2.38. The molecule has 26 heavy (non-hydrogen) atoms. The van der Waals surface area contributed by atoms with Crippen molar-refractivity contribution in [3.63, 3.8) is 0 Å². The van der Waals surface area contributed by atoms with Gasteiger partial charge in [0.2, 0.25) is 0 Å². The fraction of sp³-hybridized carbons (Fsp3) is 0.450. The van der Waals surface area contributed by atoms with Gasteiger partial charge in [0.15, 0.2) is 0 Å². The van der Waals surface area contributed by atoms with Gasteiger partial charge in [-0.3, -0.25) is 4.79 Å². The first-order valence-electron chi connectivity index (χ1n) is 9.09. The predicted octanol–water partition coefficient (Wildman–Crippen LogP) is 1.80. The van der Waals surface area contributed by atoms with E-state index in [0.717, 1.165) is 24.2 Å². The van der Waals surface area contributed by atoms with Gasteiger partial charge in [-0.25, -0.2) is 9.97 Å². The fourth-order valence-electron chi connectivity index (χ4n) is 3.43. The summed E-state index contributed by atoms with van der Waals surface area (Å²) in [7, 11) is 0. The lowest BCUT2D eigenvalue weighted by Gasteiger charge is -2.41. The van der Waals surface area contributed by atoms with E-state index in [-0.39, 0.29) is 12.5 Å². The van der Waals surface area contributed by atoms with Gasteiger partial charge in [-0.15, -0.1) is 0 Å². The molecule has 6 nitrogen and oxygen atoms in total. The zero-order valence-electron chi connectivity index (χ0n) is 14.7. The standard InChI is InChI=1S/C20H23N3O3/c24-14-20(10-15-4-2-1-3-5-15)13-23(8-9-26-20)19(25)17-11-21-18(22-12-17)16-6-7-16/h1-5,11-12,16,24H,6-10,13-14H2/t20-/m1/s1. The van der Waals surface area contributed by atoms with Crippen LogP contribution in [-0.2, 0) is 11.2 Å². The zero-order chi connectivity index (χ0) is 18.0. The molecule has 4 rings (SSSR count). The lowest BCUT2D eigenvalue weighted by atomic mass is 9.93. The number of carbonyl (C=O) groups is 1. The Balaban J connectivity index is 1.48. The average Bonchev–Trinajstić information content (AvgIpc) is 3.54. The molecule has 1 N–H and O–H groups in total. The van der Waals surface area contributed by atoms with E-state index < -0.39 is 5.60 Å². The first-order chi connectivity index (χ1) is 12.7. The monoisotopic (exact) mass is 353 g/mol. The molecule has 1 aromatic carbocycles. The first kappa shape index (κ1) is 17.1. The SMILES string of the molecule is O=C(c1cnc(C2CC2)nc1)N1CCO[C@](CO)(Cc2ccccc2)C1. The number of rotatable bonds is 5. The van der Waals surface area contributed by atoms with Gasteiger partial charge in [-0.2, -0.15) is 0 Å². The molecule has 1 atom stereocenters. The number of aromatic nitrogens is 2. The van der Waals surface area contributed by atoms with Crippen molar-refractivity contribution in [1.82, 2.24) is 14.9 Å². The van der Waals surface area contributed by atoms with E-state index in [9.17, 15) is 9.90 Å². The van der Waals surface area contributed by atoms with E-state index in [1.54, 1.807) is 17.3 Å². The third-order valence-electron chi connectivity index (χ3n) is 5.05. The van der Waals surface area contributed by atoms with E-state index in [2.05, 4.69) is 9.97 Å². The maximum atomic E-state index is 12.9. The van der Waals surface area contributed by atoms with Crippen LogP contribution < -0.4 is 0 Å². The maximum absolute atomic E-state index is 12.9. The van der Waals surface area contributed by atoms with Crippen LogP contribution in [0.25, 0.3) is 0 Å². The minimum Gasteiger partial charge on any atom is -0.393 e. The Morgan fingerprint density at radius 2 is 1.96 bits per heavy atom. The largest absolute Gasteiger partial charge is 0.393 e. The Hall–Kier alpha value is -2.31. The summed E-state index contributed by atoms with van der Waals surface area (Å²) in [6.07, 6.45) is 6.07. The average molecular weight is 353 g/mol. The van der Waals surface area contributed by atoms with Gasteiger partial charge in [0.25, 0.3) is 5.91 Å². The third kappa shape index (κ3) is 3.61. The van der Waals surface area contributed by atoms with E-state index in [1.165, 1.54) is 0 Å². The Labute approximate surface area is 152 Å². The summed E-state index contributed by atoms with van der Waals surface area (Å²) in [5.41, 5.74) is 0.792. The van der Waals surface area contributed by atoms with Crippen molar-refractivity contribution in [3.8, 4) is 0 Å². The highest BCUT2D eigenvalue weighted by atomic mass is 16.5. The Morgan fingerprint density at radius 3 is 2.62 bits per heavy atom. The summed E-state index contributed by atoms with van der Waals surface area (Å²) in [5, 5.41) is 9.99. The Kier molecular flexibility index (Phi) is 4.70. The van der Waals surface area contributed by atoms with Gasteiger partial charge in [-0.05, 0) is 18.4 Å². The number of aliphatic hydroxyl groups excluding tert-OH is 1. The molecule has 6 heteroatoms. The zero-order valence-corrected chi connectivity index (χ0v) is 14.7. The molecular formula is C20H23N3O3. The van der Waals surface area contributed by atoms with Gasteiger partial charge < -0.3 is 14.7 Å². The number of ether oxygens (including phenoxy) is 1. The van der Waals surface area contributed by atoms with Crippen molar-refractivity contribution in [2.45, 2.75) is 30.8 Å². The van der Waals surface area contributed by atoms with Gasteiger partial charge in [0.05, 0.1) is 25.3 Å². The molecule has 0 unspecified atom stereocenters. The molecule has 1 saturated carbocycles. The van der Waals surface area contributed by atoms with Crippen molar-refractivity contribution in [3.05, 3.63) is 59.7 Å². The Bertz CT molecular complexity index is 762. The van der Waals surface area contributed by atoms with Crippen LogP contribution in [0.5, 0.6) is 0 Å². The molecule has 136 valence electrons. The first-order valence-corrected chi connectivity index (χ1v) is 9.09. The van der Waals surface area contributed by atoms with Crippen LogP contribution in [0.1, 0.15) is 40.5 Å². The molecule has 1 saturated heterocycles. The van der Waals surface area contributed by atoms with E-state index >= 15 is 0 Å². The summed E-state index contributed by atoms with van der Waals surface area (Å²) in [4.78, 5) is 23.3. The second-order valence-electron chi connectivity index (χ2n) is 7.18. The second-order valence-corrected chi connectivity index (χ2v) is 7.18. The number of nitrogens with zero attached hydrogens (tertiary/aromatic N) is 3. The van der Waals surface area contributed by atoms with E-state index in [1.807, 2.05) is 30.3 Å². The lowest BCUT2D eigenvalue weighted by Crippen LogP contribution is -2.56. The van der Waals surface area contributed by atoms with Crippen LogP contribution in [0.3, 0.4) is 0 Å². The fourth-order valence-corrected chi connectivity index (χ4v) is 3.43. The van der Waals surface area contributed by atoms with Crippen LogP contribution in [-0.4, -0.2) is 57.8 Å². The molecule has 2 fully saturated rings. The smallest absolute Gasteiger partial charge is 0.257 e. The number of hydrogen-bond acceptors (Lipinski definition) is 5. The highest BCUT2D eigenvalue weighted by Crippen LogP contribution is 2.37. The molecule has 0 spiro atoms. The molecule has 2 heterocycles. The number of hydrogen-bond donors (Lipinski definition) is 1. The predicted molar refractivity (Wildman–Crippen MR) is 95.8 cm³/mol. The molecule has 0 radical (unpaired) electrons. The number of carbonyl (C=O) groups excluding carboxylic acids is 1. The molecule has 1 aliphatic heterocycles. The summed E-state index contributed by atoms with van der Waals surface area (Å²) < 4.78 is 5.92. The maximum Gasteiger partial charge on any atom is 0.257 e. The number of amides is 1. The quantitative estimate of drug-likeness (QED) is 0.887. The molecule has 0 bridgehead atoms. The summed E-state index contributed by atoms with van der Waals surface area (Å²) in [5.74, 6) is 1.19. The van der Waals surface area contributed by atoms with Crippen molar-refractivity contribution < 1.29 is 14.6 Å². The normalized spacial score (nSPS) is 23.0.